The van der Waals surface area contributed by atoms with E-state index >= 15 is 0 Å². The first-order chi connectivity index (χ1) is 15.8. The first-order valence-corrected chi connectivity index (χ1v) is 11.9. The van der Waals surface area contributed by atoms with E-state index in [0.717, 1.165) is 16.2 Å². The van der Waals surface area contributed by atoms with Crippen LogP contribution in [-0.2, 0) is 14.3 Å². The number of hydrogen-bond donors (Lipinski definition) is 2. The van der Waals surface area contributed by atoms with Crippen molar-refractivity contribution < 1.29 is 23.9 Å². The number of nitrogens with one attached hydrogen (secondary N) is 2. The average Bonchev–Trinajstić information content (AvgIpc) is 3.28. The van der Waals surface area contributed by atoms with Gasteiger partial charge in [0.05, 0.1) is 7.11 Å². The van der Waals surface area contributed by atoms with E-state index in [-0.39, 0.29) is 10.6 Å². The minimum absolute atomic E-state index is 0.160. The summed E-state index contributed by atoms with van der Waals surface area (Å²) in [5.74, 6) is -1.64. The summed E-state index contributed by atoms with van der Waals surface area (Å²) in [6, 6.07) is 6.43. The smallest absolute Gasteiger partial charge is 0.341 e. The highest BCUT2D eigenvalue weighted by atomic mass is 35.5. The van der Waals surface area contributed by atoms with E-state index in [1.807, 2.05) is 13.8 Å². The number of methoxy groups -OCH3 is 1. The minimum Gasteiger partial charge on any atom is -0.465 e. The van der Waals surface area contributed by atoms with Crippen LogP contribution < -0.4 is 10.6 Å². The third kappa shape index (κ3) is 4.89. The molecule has 0 unspecified atom stereocenters. The minimum atomic E-state index is -0.974. The fraction of sp³-hybridized carbons (Fsp3) is 0.391. The van der Waals surface area contributed by atoms with Gasteiger partial charge in [0.25, 0.3) is 5.91 Å². The van der Waals surface area contributed by atoms with E-state index in [2.05, 4.69) is 10.6 Å². The number of urea groups is 1. The fourth-order valence-electron chi connectivity index (χ4n) is 4.08. The van der Waals surface area contributed by atoms with Crippen LogP contribution >= 0.6 is 22.9 Å². The van der Waals surface area contributed by atoms with Crippen LogP contribution in [0.5, 0.6) is 0 Å². The van der Waals surface area contributed by atoms with Gasteiger partial charge in [0.1, 0.15) is 22.6 Å². The van der Waals surface area contributed by atoms with Crippen LogP contribution in [0, 0.1) is 0 Å². The van der Waals surface area contributed by atoms with Gasteiger partial charge in [0, 0.05) is 21.5 Å². The van der Waals surface area contributed by atoms with Crippen molar-refractivity contribution in [2.24, 2.45) is 0 Å². The lowest BCUT2D eigenvalue weighted by Crippen LogP contribution is -2.47. The Morgan fingerprint density at radius 3 is 2.42 bits per heavy atom. The second kappa shape index (κ2) is 10.4. The summed E-state index contributed by atoms with van der Waals surface area (Å²) in [6.07, 6.45) is 2.44. The summed E-state index contributed by atoms with van der Waals surface area (Å²) in [5, 5.41) is 7.83. The maximum atomic E-state index is 13.0. The zero-order valence-corrected chi connectivity index (χ0v) is 20.3. The van der Waals surface area contributed by atoms with E-state index in [0.29, 0.717) is 41.8 Å². The van der Waals surface area contributed by atoms with Crippen LogP contribution in [0.25, 0.3) is 11.1 Å². The topological polar surface area (TPSA) is 105 Å². The van der Waals surface area contributed by atoms with E-state index < -0.39 is 35.9 Å². The summed E-state index contributed by atoms with van der Waals surface area (Å²) < 4.78 is 4.91. The van der Waals surface area contributed by atoms with Gasteiger partial charge >= 0.3 is 12.0 Å². The summed E-state index contributed by atoms with van der Waals surface area (Å²) in [4.78, 5) is 51.8. The van der Waals surface area contributed by atoms with Crippen LogP contribution in [0.1, 0.15) is 49.9 Å². The van der Waals surface area contributed by atoms with Crippen LogP contribution in [0.2, 0.25) is 5.02 Å². The van der Waals surface area contributed by atoms with Crippen LogP contribution in [-0.4, -0.2) is 47.9 Å². The van der Waals surface area contributed by atoms with Gasteiger partial charge in [-0.25, -0.2) is 9.59 Å². The summed E-state index contributed by atoms with van der Waals surface area (Å²) in [7, 11) is 1.25. The molecule has 8 nitrogen and oxygen atoms in total. The monoisotopic (exact) mass is 491 g/mol. The number of carbonyl (C=O) groups excluding carboxylic acids is 4. The van der Waals surface area contributed by atoms with Crippen molar-refractivity contribution in [3.8, 4) is 11.1 Å². The number of benzene rings is 1. The number of amides is 4. The molecule has 2 N–H and O–H groups in total. The average molecular weight is 492 g/mol. The highest BCUT2D eigenvalue weighted by Crippen LogP contribution is 2.39. The molecule has 0 radical (unpaired) electrons. The number of ether oxygens (including phenoxy) is 1. The van der Waals surface area contributed by atoms with Crippen molar-refractivity contribution in [2.75, 3.05) is 19.0 Å². The molecule has 1 fully saturated rings. The van der Waals surface area contributed by atoms with Gasteiger partial charge in [-0.2, -0.15) is 0 Å². The highest BCUT2D eigenvalue weighted by Gasteiger charge is 2.50. The van der Waals surface area contributed by atoms with Crippen molar-refractivity contribution in [3.05, 3.63) is 40.2 Å². The first kappa shape index (κ1) is 24.7. The molecule has 1 aliphatic heterocycles. The standard InChI is InChI=1S/C23H26ClN3O5S/c1-4-10-23(11-5-2)21(30)27(22(31)26-23)12-17(28)25-19-18(20(29)32-3)15(13-33-19)14-8-6-7-9-16(14)24/h6-9,13H,4-5,10-12H2,1-3H3,(H,25,28)(H,26,31). The summed E-state index contributed by atoms with van der Waals surface area (Å²) in [6.45, 7) is 3.42. The number of hydrogen-bond acceptors (Lipinski definition) is 6. The molecule has 1 aromatic carbocycles. The predicted molar refractivity (Wildman–Crippen MR) is 128 cm³/mol. The Bertz CT molecular complexity index is 1080. The lowest BCUT2D eigenvalue weighted by atomic mass is 9.88. The Morgan fingerprint density at radius 1 is 1.15 bits per heavy atom. The molecule has 3 rings (SSSR count). The van der Waals surface area contributed by atoms with Gasteiger partial charge in [0.15, 0.2) is 0 Å². The molecule has 1 aromatic heterocycles. The number of imide groups is 1. The van der Waals surface area contributed by atoms with Crippen LogP contribution in [0.3, 0.4) is 0 Å². The van der Waals surface area contributed by atoms with Crippen molar-refractivity contribution in [3.63, 3.8) is 0 Å². The molecular weight excluding hydrogens is 466 g/mol. The molecule has 1 aliphatic rings. The maximum absolute atomic E-state index is 13.0. The van der Waals surface area contributed by atoms with Crippen LogP contribution in [0.4, 0.5) is 9.80 Å². The summed E-state index contributed by atoms with van der Waals surface area (Å²) >= 11 is 7.43. The quantitative estimate of drug-likeness (QED) is 0.391. The van der Waals surface area contributed by atoms with E-state index in [1.54, 1.807) is 29.6 Å². The zero-order chi connectivity index (χ0) is 24.2. The number of esters is 1. The highest BCUT2D eigenvalue weighted by molar-refractivity contribution is 7.15. The molecule has 33 heavy (non-hydrogen) atoms. The van der Waals surface area contributed by atoms with Gasteiger partial charge < -0.3 is 15.4 Å². The Balaban J connectivity index is 1.84. The molecule has 0 spiro atoms. The van der Waals surface area contributed by atoms with Gasteiger partial charge in [-0.1, -0.05) is 56.5 Å². The molecule has 176 valence electrons. The van der Waals surface area contributed by atoms with Crippen molar-refractivity contribution in [2.45, 2.75) is 45.1 Å². The Morgan fingerprint density at radius 2 is 1.82 bits per heavy atom. The van der Waals surface area contributed by atoms with Crippen molar-refractivity contribution >= 4 is 51.8 Å². The molecule has 0 aliphatic carbocycles. The predicted octanol–water partition coefficient (Wildman–Crippen LogP) is 4.68. The van der Waals surface area contributed by atoms with Gasteiger partial charge in [0.2, 0.25) is 5.91 Å². The molecule has 1 saturated heterocycles. The SMILES string of the molecule is CCCC1(CCC)NC(=O)N(CC(=O)Nc2scc(-c3ccccc3Cl)c2C(=O)OC)C1=O. The first-order valence-electron chi connectivity index (χ1n) is 10.7. The van der Waals surface area contributed by atoms with Gasteiger partial charge in [-0.05, 0) is 18.9 Å². The number of carbonyl (C=O) groups is 4. The third-order valence-electron chi connectivity index (χ3n) is 5.50. The number of halogens is 1. The number of thiophene rings is 1. The van der Waals surface area contributed by atoms with Crippen molar-refractivity contribution in [1.29, 1.82) is 0 Å². The lowest BCUT2D eigenvalue weighted by molar-refractivity contribution is -0.134. The molecule has 2 aromatic rings. The van der Waals surface area contributed by atoms with E-state index in [4.69, 9.17) is 16.3 Å². The molecule has 0 bridgehead atoms. The molecule has 10 heteroatoms. The number of anilines is 1. The lowest BCUT2D eigenvalue weighted by Gasteiger charge is -2.25. The number of nitrogens with zero attached hydrogens (tertiary/aromatic N) is 1. The summed E-state index contributed by atoms with van der Waals surface area (Å²) in [5.41, 5.74) is 0.326. The third-order valence-corrected chi connectivity index (χ3v) is 6.72. The van der Waals surface area contributed by atoms with Crippen molar-refractivity contribution in [1.82, 2.24) is 10.2 Å². The Kier molecular flexibility index (Phi) is 7.76. The second-order valence-electron chi connectivity index (χ2n) is 7.78. The molecule has 0 atom stereocenters. The normalized spacial score (nSPS) is 14.8. The Hall–Kier alpha value is -2.91. The molecular formula is C23H26ClN3O5S. The fourth-order valence-corrected chi connectivity index (χ4v) is 5.28. The Labute approximate surface area is 201 Å². The van der Waals surface area contributed by atoms with Crippen LogP contribution in [0.15, 0.2) is 29.6 Å². The number of rotatable bonds is 9. The van der Waals surface area contributed by atoms with E-state index in [9.17, 15) is 19.2 Å². The van der Waals surface area contributed by atoms with Gasteiger partial charge in [-0.15, -0.1) is 11.3 Å². The van der Waals surface area contributed by atoms with Gasteiger partial charge in [-0.3, -0.25) is 14.5 Å². The second-order valence-corrected chi connectivity index (χ2v) is 9.06. The van der Waals surface area contributed by atoms with E-state index in [1.165, 1.54) is 7.11 Å². The molecule has 2 heterocycles. The molecule has 0 saturated carbocycles. The maximum Gasteiger partial charge on any atom is 0.341 e. The molecule has 4 amide bonds. The largest absolute Gasteiger partial charge is 0.465 e. The zero-order valence-electron chi connectivity index (χ0n) is 18.7.